The molecule has 0 radical (unpaired) electrons. The average Bonchev–Trinajstić information content (AvgIpc) is 2.64. The molecule has 0 atom stereocenters. The Morgan fingerprint density at radius 2 is 2.31 bits per heavy atom. The summed E-state index contributed by atoms with van der Waals surface area (Å²) in [6, 6.07) is 7.25. The highest BCUT2D eigenvalue weighted by Crippen LogP contribution is 2.09. The number of halogens is 1. The first-order valence-electron chi connectivity index (χ1n) is 4.46. The second-order valence-electron chi connectivity index (χ2n) is 3.07. The van der Waals surface area contributed by atoms with E-state index in [1.165, 1.54) is 4.80 Å². The number of aromatic nitrogens is 4. The smallest absolute Gasteiger partial charge is 0.270 e. The lowest BCUT2D eigenvalue weighted by molar-refractivity contribution is 0.102. The predicted molar refractivity (Wildman–Crippen MR) is 65.9 cm³/mol. The molecule has 0 saturated carbocycles. The van der Waals surface area contributed by atoms with Crippen molar-refractivity contribution >= 4 is 34.4 Å². The first-order chi connectivity index (χ1) is 7.65. The second kappa shape index (κ2) is 4.56. The molecule has 0 aliphatic rings. The van der Waals surface area contributed by atoms with Gasteiger partial charge in [-0.15, -0.1) is 5.10 Å². The zero-order valence-corrected chi connectivity index (χ0v) is 10.5. The van der Waals surface area contributed by atoms with Gasteiger partial charge in [0.15, 0.2) is 0 Å². The average molecular weight is 329 g/mol. The third-order valence-corrected chi connectivity index (χ3v) is 2.49. The number of hydrogen-bond acceptors (Lipinski definition) is 4. The van der Waals surface area contributed by atoms with Gasteiger partial charge in [0.1, 0.15) is 0 Å². The number of nitrogens with zero attached hydrogens (tertiary/aromatic N) is 4. The zero-order chi connectivity index (χ0) is 11.5. The summed E-state index contributed by atoms with van der Waals surface area (Å²) < 4.78 is 0.998. The van der Waals surface area contributed by atoms with Crippen LogP contribution < -0.4 is 5.32 Å². The van der Waals surface area contributed by atoms with Crippen molar-refractivity contribution in [2.24, 2.45) is 7.05 Å². The van der Waals surface area contributed by atoms with Gasteiger partial charge in [-0.25, -0.2) is 0 Å². The van der Waals surface area contributed by atoms with Gasteiger partial charge in [0.25, 0.3) is 11.9 Å². The first-order valence-corrected chi connectivity index (χ1v) is 5.54. The number of tetrazole rings is 1. The van der Waals surface area contributed by atoms with Crippen molar-refractivity contribution < 1.29 is 4.79 Å². The van der Waals surface area contributed by atoms with Crippen LogP contribution in [0.25, 0.3) is 0 Å². The lowest BCUT2D eigenvalue weighted by Gasteiger charge is -2.00. The quantitative estimate of drug-likeness (QED) is 0.837. The molecule has 1 amide bonds. The van der Waals surface area contributed by atoms with E-state index in [2.05, 4.69) is 43.3 Å². The Hall–Kier alpha value is -1.51. The summed E-state index contributed by atoms with van der Waals surface area (Å²) >= 11 is 2.15. The van der Waals surface area contributed by atoms with Crippen LogP contribution in [0, 0.1) is 3.57 Å². The van der Waals surface area contributed by atoms with Crippen LogP contribution in [0.15, 0.2) is 24.3 Å². The zero-order valence-electron chi connectivity index (χ0n) is 8.38. The minimum absolute atomic E-state index is 0.200. The maximum atomic E-state index is 11.7. The van der Waals surface area contributed by atoms with Crippen molar-refractivity contribution in [2.45, 2.75) is 0 Å². The second-order valence-corrected chi connectivity index (χ2v) is 4.31. The van der Waals surface area contributed by atoms with E-state index in [9.17, 15) is 4.79 Å². The summed E-state index contributed by atoms with van der Waals surface area (Å²) in [7, 11) is 1.63. The van der Waals surface area contributed by atoms with E-state index in [0.29, 0.717) is 5.56 Å². The molecule has 1 heterocycles. The highest BCUT2D eigenvalue weighted by molar-refractivity contribution is 14.1. The summed E-state index contributed by atoms with van der Waals surface area (Å²) in [5.41, 5.74) is 0.569. The summed E-state index contributed by atoms with van der Waals surface area (Å²) in [5.74, 6) is -0.0436. The van der Waals surface area contributed by atoms with Crippen molar-refractivity contribution in [3.63, 3.8) is 0 Å². The molecule has 0 fully saturated rings. The minimum Gasteiger partial charge on any atom is -0.288 e. The molecule has 2 aromatic rings. The summed E-state index contributed by atoms with van der Waals surface area (Å²) in [4.78, 5) is 13.0. The maximum absolute atomic E-state index is 11.7. The number of nitrogens with one attached hydrogen (secondary N) is 1. The van der Waals surface area contributed by atoms with Crippen molar-refractivity contribution in [3.05, 3.63) is 33.4 Å². The van der Waals surface area contributed by atoms with Crippen LogP contribution in [0.1, 0.15) is 10.4 Å². The van der Waals surface area contributed by atoms with Gasteiger partial charge >= 0.3 is 0 Å². The van der Waals surface area contributed by atoms with Gasteiger partial charge in [-0.05, 0) is 46.0 Å². The molecular weight excluding hydrogens is 321 g/mol. The Morgan fingerprint density at radius 1 is 1.50 bits per heavy atom. The molecule has 1 aromatic heterocycles. The van der Waals surface area contributed by atoms with Crippen LogP contribution >= 0.6 is 22.6 Å². The lowest BCUT2D eigenvalue weighted by Crippen LogP contribution is -2.13. The molecule has 0 aliphatic carbocycles. The van der Waals surface area contributed by atoms with Gasteiger partial charge in [-0.3, -0.25) is 10.1 Å². The third kappa shape index (κ3) is 2.54. The van der Waals surface area contributed by atoms with Gasteiger partial charge in [-0.1, -0.05) is 11.2 Å². The Labute approximate surface area is 105 Å². The van der Waals surface area contributed by atoms with Crippen molar-refractivity contribution in [2.75, 3.05) is 5.32 Å². The van der Waals surface area contributed by atoms with Crippen LogP contribution in [0.2, 0.25) is 0 Å². The molecule has 0 unspecified atom stereocenters. The molecule has 16 heavy (non-hydrogen) atoms. The van der Waals surface area contributed by atoms with E-state index in [1.807, 2.05) is 12.1 Å². The number of carbonyl (C=O) groups excluding carboxylic acids is 1. The van der Waals surface area contributed by atoms with Crippen LogP contribution in [0.4, 0.5) is 5.95 Å². The molecule has 1 aromatic carbocycles. The van der Waals surface area contributed by atoms with E-state index >= 15 is 0 Å². The molecule has 0 aliphatic heterocycles. The van der Waals surface area contributed by atoms with Gasteiger partial charge < -0.3 is 0 Å². The molecule has 7 heteroatoms. The van der Waals surface area contributed by atoms with Gasteiger partial charge in [0.2, 0.25) is 0 Å². The molecular formula is C9H8IN5O. The van der Waals surface area contributed by atoms with E-state index in [1.54, 1.807) is 19.2 Å². The SMILES string of the molecule is Cn1nnc(NC(=O)c2cccc(I)c2)n1. The Morgan fingerprint density at radius 3 is 2.94 bits per heavy atom. The summed E-state index contributed by atoms with van der Waals surface area (Å²) in [6.07, 6.45) is 0. The molecule has 2 rings (SSSR count). The van der Waals surface area contributed by atoms with E-state index in [0.717, 1.165) is 3.57 Å². The van der Waals surface area contributed by atoms with Crippen molar-refractivity contribution in [1.29, 1.82) is 0 Å². The van der Waals surface area contributed by atoms with Gasteiger partial charge in [0, 0.05) is 9.13 Å². The Kier molecular flexibility index (Phi) is 3.13. The van der Waals surface area contributed by atoms with Crippen LogP contribution in [-0.4, -0.2) is 26.1 Å². The molecule has 0 spiro atoms. The molecule has 0 saturated heterocycles. The molecule has 1 N–H and O–H groups in total. The number of anilines is 1. The fourth-order valence-corrected chi connectivity index (χ4v) is 1.68. The van der Waals surface area contributed by atoms with E-state index in [4.69, 9.17) is 0 Å². The maximum Gasteiger partial charge on any atom is 0.270 e. The van der Waals surface area contributed by atoms with Gasteiger partial charge in [-0.2, -0.15) is 4.80 Å². The number of benzene rings is 1. The number of hydrogen-bond donors (Lipinski definition) is 1. The Balaban J connectivity index is 2.14. The Bertz CT molecular complexity index is 524. The van der Waals surface area contributed by atoms with Crippen molar-refractivity contribution in [1.82, 2.24) is 20.2 Å². The molecule has 6 nitrogen and oxygen atoms in total. The van der Waals surface area contributed by atoms with Crippen molar-refractivity contribution in [3.8, 4) is 0 Å². The fourth-order valence-electron chi connectivity index (χ4n) is 1.14. The van der Waals surface area contributed by atoms with E-state index < -0.39 is 0 Å². The van der Waals surface area contributed by atoms with Gasteiger partial charge in [0.05, 0.1) is 7.05 Å². The number of aryl methyl sites for hydroxylation is 1. The van der Waals surface area contributed by atoms with E-state index in [-0.39, 0.29) is 11.9 Å². The summed E-state index contributed by atoms with van der Waals surface area (Å²) in [5, 5.41) is 13.7. The standard InChI is InChI=1S/C9H8IN5O/c1-15-13-9(12-14-15)11-8(16)6-3-2-4-7(10)5-6/h2-5H,1H3,(H,11,13,16). The minimum atomic E-state index is -0.244. The predicted octanol–water partition coefficient (Wildman–Crippen LogP) is 1.07. The first kappa shape index (κ1) is 11.0. The topological polar surface area (TPSA) is 72.7 Å². The number of carbonyl (C=O) groups is 1. The number of amides is 1. The van der Waals surface area contributed by atoms with Crippen LogP contribution in [-0.2, 0) is 7.05 Å². The largest absolute Gasteiger partial charge is 0.288 e. The summed E-state index contributed by atoms with van der Waals surface area (Å²) in [6.45, 7) is 0. The number of rotatable bonds is 2. The van der Waals surface area contributed by atoms with Crippen LogP contribution in [0.3, 0.4) is 0 Å². The fraction of sp³-hybridized carbons (Fsp3) is 0.111. The highest BCUT2D eigenvalue weighted by Gasteiger charge is 2.09. The lowest BCUT2D eigenvalue weighted by atomic mass is 10.2. The molecule has 0 bridgehead atoms. The third-order valence-electron chi connectivity index (χ3n) is 1.82. The monoisotopic (exact) mass is 329 g/mol. The highest BCUT2D eigenvalue weighted by atomic mass is 127. The van der Waals surface area contributed by atoms with Crippen LogP contribution in [0.5, 0.6) is 0 Å². The molecule has 82 valence electrons. The normalized spacial score (nSPS) is 10.1.